The van der Waals surface area contributed by atoms with Crippen molar-refractivity contribution >= 4 is 29.2 Å². The van der Waals surface area contributed by atoms with Gasteiger partial charge >= 0.3 is 0 Å². The molecule has 1 rings (SSSR count). The number of hydrogen-bond donors (Lipinski definition) is 0. The Hall–Kier alpha value is -0.610. The molecule has 0 unspecified atom stereocenters. The maximum atomic E-state index is 5.54. The van der Waals surface area contributed by atoms with Gasteiger partial charge in [0.25, 0.3) is 0 Å². The number of hydrogen-bond acceptors (Lipinski definition) is 4. The first-order valence-corrected chi connectivity index (χ1v) is 3.76. The van der Waals surface area contributed by atoms with Gasteiger partial charge in [-0.25, -0.2) is 4.98 Å². The second kappa shape index (κ2) is 3.53. The van der Waals surface area contributed by atoms with E-state index in [0.717, 1.165) is 5.01 Å². The normalized spacial score (nSPS) is 10.6. The Kier molecular flexibility index (Phi) is 2.65. The molecule has 0 amide bonds. The van der Waals surface area contributed by atoms with E-state index in [1.807, 2.05) is 0 Å². The van der Waals surface area contributed by atoms with Gasteiger partial charge in [0, 0.05) is 5.38 Å². The van der Waals surface area contributed by atoms with E-state index in [1.165, 1.54) is 24.7 Å². The quantitative estimate of drug-likeness (QED) is 0.509. The van der Waals surface area contributed by atoms with Crippen LogP contribution in [0.3, 0.4) is 0 Å². The fourth-order valence-corrected chi connectivity index (χ4v) is 1.22. The Labute approximate surface area is 67.3 Å². The van der Waals surface area contributed by atoms with Crippen LogP contribution in [0.15, 0.2) is 10.5 Å². The largest absolute Gasteiger partial charge is 0.399 e. The minimum absolute atomic E-state index is 0.488. The lowest BCUT2D eigenvalue weighted by molar-refractivity contribution is 0.215. The van der Waals surface area contributed by atoms with Crippen molar-refractivity contribution in [2.75, 3.05) is 7.11 Å². The first-order chi connectivity index (χ1) is 4.83. The Balaban J connectivity index is 2.67. The monoisotopic (exact) mass is 176 g/mol. The van der Waals surface area contributed by atoms with Crippen LogP contribution in [-0.2, 0) is 4.84 Å². The molecule has 1 aromatic rings. The molecule has 0 saturated carbocycles. The van der Waals surface area contributed by atoms with E-state index in [0.29, 0.717) is 5.15 Å². The molecule has 0 fully saturated rings. The summed E-state index contributed by atoms with van der Waals surface area (Å²) < 4.78 is 0. The lowest BCUT2D eigenvalue weighted by atomic mass is 10.8. The smallest absolute Gasteiger partial charge is 0.140 e. The predicted octanol–water partition coefficient (Wildman–Crippen LogP) is 1.78. The molecule has 0 atom stereocenters. The Bertz CT molecular complexity index is 235. The van der Waals surface area contributed by atoms with Crippen molar-refractivity contribution in [1.82, 2.24) is 4.98 Å². The van der Waals surface area contributed by atoms with Crippen LogP contribution in [0.1, 0.15) is 5.01 Å². The molecule has 0 aliphatic heterocycles. The van der Waals surface area contributed by atoms with Crippen LogP contribution in [0.4, 0.5) is 0 Å². The topological polar surface area (TPSA) is 34.5 Å². The first-order valence-electron chi connectivity index (χ1n) is 2.50. The number of aromatic nitrogens is 1. The molecule has 3 nitrogen and oxygen atoms in total. The zero-order chi connectivity index (χ0) is 7.40. The fourth-order valence-electron chi connectivity index (χ4n) is 0.424. The van der Waals surface area contributed by atoms with Crippen molar-refractivity contribution < 1.29 is 4.84 Å². The highest BCUT2D eigenvalue weighted by atomic mass is 35.5. The molecule has 0 radical (unpaired) electrons. The van der Waals surface area contributed by atoms with Gasteiger partial charge in [0.15, 0.2) is 0 Å². The summed E-state index contributed by atoms with van der Waals surface area (Å²) in [4.78, 5) is 8.35. The minimum atomic E-state index is 0.488. The molecule has 0 aromatic carbocycles. The summed E-state index contributed by atoms with van der Waals surface area (Å²) in [5.74, 6) is 0. The van der Waals surface area contributed by atoms with Gasteiger partial charge in [0.1, 0.15) is 23.5 Å². The van der Waals surface area contributed by atoms with Crippen LogP contribution in [0.2, 0.25) is 5.15 Å². The third-order valence-electron chi connectivity index (χ3n) is 0.762. The molecule has 0 bridgehead atoms. The van der Waals surface area contributed by atoms with Crippen LogP contribution in [0.25, 0.3) is 0 Å². The van der Waals surface area contributed by atoms with Crippen molar-refractivity contribution in [1.29, 1.82) is 0 Å². The van der Waals surface area contributed by atoms with Gasteiger partial charge in [-0.2, -0.15) is 0 Å². The summed E-state index contributed by atoms with van der Waals surface area (Å²) in [6, 6.07) is 0. The van der Waals surface area contributed by atoms with Crippen molar-refractivity contribution in [3.63, 3.8) is 0 Å². The number of nitrogens with zero attached hydrogens (tertiary/aromatic N) is 2. The van der Waals surface area contributed by atoms with Gasteiger partial charge in [0.2, 0.25) is 0 Å². The van der Waals surface area contributed by atoms with Gasteiger partial charge in [-0.3, -0.25) is 0 Å². The highest BCUT2D eigenvalue weighted by Gasteiger charge is 1.93. The summed E-state index contributed by atoms with van der Waals surface area (Å²) in [5, 5.41) is 6.49. The van der Waals surface area contributed by atoms with Gasteiger partial charge in [-0.1, -0.05) is 16.8 Å². The molecule has 0 spiro atoms. The van der Waals surface area contributed by atoms with E-state index >= 15 is 0 Å². The number of rotatable bonds is 2. The van der Waals surface area contributed by atoms with Crippen LogP contribution in [0, 0.1) is 0 Å². The highest BCUT2D eigenvalue weighted by Crippen LogP contribution is 2.11. The molecule has 1 heterocycles. The van der Waals surface area contributed by atoms with E-state index in [2.05, 4.69) is 15.0 Å². The summed E-state index contributed by atoms with van der Waals surface area (Å²) in [6.07, 6.45) is 1.51. The van der Waals surface area contributed by atoms with E-state index in [9.17, 15) is 0 Å². The van der Waals surface area contributed by atoms with Gasteiger partial charge in [-0.05, 0) is 0 Å². The second-order valence-corrected chi connectivity index (χ2v) is 2.70. The van der Waals surface area contributed by atoms with Crippen molar-refractivity contribution in [2.45, 2.75) is 0 Å². The molecule has 0 N–H and O–H groups in total. The van der Waals surface area contributed by atoms with E-state index < -0.39 is 0 Å². The Morgan fingerprint density at radius 3 is 3.20 bits per heavy atom. The SMILES string of the molecule is CO/N=C/c1nc(Cl)cs1. The van der Waals surface area contributed by atoms with Crippen molar-refractivity contribution in [2.24, 2.45) is 5.16 Å². The van der Waals surface area contributed by atoms with Crippen LogP contribution < -0.4 is 0 Å². The molecule has 1 aromatic heterocycles. The predicted molar refractivity (Wildman–Crippen MR) is 41.7 cm³/mol. The van der Waals surface area contributed by atoms with Gasteiger partial charge in [0.05, 0.1) is 0 Å². The molecule has 0 saturated heterocycles. The number of halogens is 1. The van der Waals surface area contributed by atoms with E-state index in [-0.39, 0.29) is 0 Å². The maximum Gasteiger partial charge on any atom is 0.140 e. The Morgan fingerprint density at radius 2 is 2.70 bits per heavy atom. The zero-order valence-electron chi connectivity index (χ0n) is 5.24. The molecule has 54 valence electrons. The molecule has 5 heteroatoms. The van der Waals surface area contributed by atoms with Crippen molar-refractivity contribution in [3.8, 4) is 0 Å². The summed E-state index contributed by atoms with van der Waals surface area (Å²) in [5.41, 5.74) is 0. The molecule has 10 heavy (non-hydrogen) atoms. The van der Waals surface area contributed by atoms with Gasteiger partial charge in [-0.15, -0.1) is 11.3 Å². The fraction of sp³-hybridized carbons (Fsp3) is 0.200. The number of oxime groups is 1. The molecule has 0 aliphatic carbocycles. The van der Waals surface area contributed by atoms with Crippen LogP contribution in [0.5, 0.6) is 0 Å². The first kappa shape index (κ1) is 7.50. The minimum Gasteiger partial charge on any atom is -0.399 e. The summed E-state index contributed by atoms with van der Waals surface area (Å²) in [6.45, 7) is 0. The number of thiazole rings is 1. The molecular weight excluding hydrogens is 172 g/mol. The summed E-state index contributed by atoms with van der Waals surface area (Å²) in [7, 11) is 1.48. The average Bonchev–Trinajstić information content (AvgIpc) is 2.31. The second-order valence-electron chi connectivity index (χ2n) is 1.43. The van der Waals surface area contributed by atoms with Crippen LogP contribution >= 0.6 is 22.9 Å². The third kappa shape index (κ3) is 1.97. The van der Waals surface area contributed by atoms with Crippen LogP contribution in [-0.4, -0.2) is 18.3 Å². The third-order valence-corrected chi connectivity index (χ3v) is 1.86. The van der Waals surface area contributed by atoms with E-state index in [4.69, 9.17) is 11.6 Å². The molecular formula is C5H5ClN2OS. The Morgan fingerprint density at radius 1 is 1.90 bits per heavy atom. The van der Waals surface area contributed by atoms with Crippen molar-refractivity contribution in [3.05, 3.63) is 15.5 Å². The maximum absolute atomic E-state index is 5.54. The molecule has 0 aliphatic rings. The highest BCUT2D eigenvalue weighted by molar-refractivity contribution is 7.11. The lowest BCUT2D eigenvalue weighted by Gasteiger charge is -1.81. The average molecular weight is 177 g/mol. The van der Waals surface area contributed by atoms with E-state index in [1.54, 1.807) is 5.38 Å². The summed E-state index contributed by atoms with van der Waals surface area (Å²) >= 11 is 6.95. The standard InChI is InChI=1S/C5H5ClN2OS/c1-9-7-2-5-8-4(6)3-10-5/h2-3H,1H3/b7-2+. The van der Waals surface area contributed by atoms with Gasteiger partial charge < -0.3 is 4.84 Å². The zero-order valence-corrected chi connectivity index (χ0v) is 6.82. The lowest BCUT2D eigenvalue weighted by Crippen LogP contribution is -1.77.